The van der Waals surface area contributed by atoms with Crippen molar-refractivity contribution < 1.29 is 4.79 Å². The van der Waals surface area contributed by atoms with Crippen molar-refractivity contribution in [1.82, 2.24) is 4.98 Å². The summed E-state index contributed by atoms with van der Waals surface area (Å²) in [5.74, 6) is -0.267. The van der Waals surface area contributed by atoms with Gasteiger partial charge in [-0.25, -0.2) is 0 Å². The van der Waals surface area contributed by atoms with Crippen LogP contribution < -0.4 is 5.32 Å². The number of carbonyl (C=O) groups excluding carboxylic acids is 1. The molecule has 0 saturated carbocycles. The molecule has 0 spiro atoms. The molecule has 4 nitrogen and oxygen atoms in total. The van der Waals surface area contributed by atoms with Gasteiger partial charge in [-0.15, -0.1) is 0 Å². The van der Waals surface area contributed by atoms with Crippen LogP contribution in [0.1, 0.15) is 15.9 Å². The second-order valence-electron chi connectivity index (χ2n) is 4.94. The highest BCUT2D eigenvalue weighted by Crippen LogP contribution is 2.18. The molecule has 2 aromatic carbocycles. The van der Waals surface area contributed by atoms with Crippen molar-refractivity contribution in [3.63, 3.8) is 0 Å². The maximum Gasteiger partial charge on any atom is 0.255 e. The van der Waals surface area contributed by atoms with Crippen molar-refractivity contribution in [2.45, 2.75) is 0 Å². The molecule has 1 N–H and O–H groups in total. The van der Waals surface area contributed by atoms with E-state index in [0.717, 1.165) is 11.3 Å². The molecule has 0 bridgehead atoms. The largest absolute Gasteiger partial charge is 0.321 e. The summed E-state index contributed by atoms with van der Waals surface area (Å²) in [6.45, 7) is 0. The summed E-state index contributed by atoms with van der Waals surface area (Å²) in [5, 5.41) is 11.7. The molecule has 0 aliphatic carbocycles. The van der Waals surface area contributed by atoms with E-state index in [1.54, 1.807) is 36.5 Å². The minimum absolute atomic E-state index is 0.267. The Morgan fingerprint density at radius 1 is 1.00 bits per heavy atom. The number of hydrogen-bond donors (Lipinski definition) is 1. The molecule has 110 valence electrons. The maximum atomic E-state index is 12.2. The first kappa shape index (κ1) is 14.5. The Morgan fingerprint density at radius 3 is 2.52 bits per heavy atom. The minimum atomic E-state index is -0.267. The molecule has 0 aliphatic rings. The highest BCUT2D eigenvalue weighted by molar-refractivity contribution is 6.04. The molecular weight excluding hydrogens is 286 g/mol. The Kier molecular flexibility index (Phi) is 4.12. The molecule has 0 fully saturated rings. The number of anilines is 1. The van der Waals surface area contributed by atoms with E-state index in [9.17, 15) is 4.79 Å². The van der Waals surface area contributed by atoms with Crippen molar-refractivity contribution >= 4 is 11.6 Å². The first-order valence-corrected chi connectivity index (χ1v) is 7.09. The summed E-state index contributed by atoms with van der Waals surface area (Å²) in [5.41, 5.74) is 3.37. The molecule has 3 aromatic rings. The molecule has 0 unspecified atom stereocenters. The van der Waals surface area contributed by atoms with Crippen LogP contribution in [0.3, 0.4) is 0 Å². The lowest BCUT2D eigenvalue weighted by molar-refractivity contribution is 0.102. The predicted octanol–water partition coefficient (Wildman–Crippen LogP) is 3.87. The summed E-state index contributed by atoms with van der Waals surface area (Å²) in [6.07, 6.45) is 1.62. The Labute approximate surface area is 134 Å². The van der Waals surface area contributed by atoms with E-state index in [1.807, 2.05) is 42.5 Å². The maximum absolute atomic E-state index is 12.2. The number of nitrogens with zero attached hydrogens (tertiary/aromatic N) is 2. The standard InChI is InChI=1S/C19H13N3O/c20-12-14-5-4-8-16(11-14)19(23)22-17-9-10-18(21-13-17)15-6-2-1-3-7-15/h1-11,13H,(H,22,23). The fourth-order valence-electron chi connectivity index (χ4n) is 2.18. The number of aromatic nitrogens is 1. The van der Waals surface area contributed by atoms with Crippen LogP contribution in [0.5, 0.6) is 0 Å². The van der Waals surface area contributed by atoms with Gasteiger partial charge in [-0.05, 0) is 30.3 Å². The fraction of sp³-hybridized carbons (Fsp3) is 0. The first-order chi connectivity index (χ1) is 11.3. The van der Waals surface area contributed by atoms with E-state index in [0.29, 0.717) is 16.8 Å². The molecule has 0 radical (unpaired) electrons. The highest BCUT2D eigenvalue weighted by atomic mass is 16.1. The number of pyridine rings is 1. The zero-order valence-corrected chi connectivity index (χ0v) is 12.2. The van der Waals surface area contributed by atoms with Crippen molar-refractivity contribution in [1.29, 1.82) is 5.26 Å². The predicted molar refractivity (Wildman–Crippen MR) is 88.8 cm³/mol. The van der Waals surface area contributed by atoms with E-state index in [2.05, 4.69) is 10.3 Å². The molecule has 1 aromatic heterocycles. The van der Waals surface area contributed by atoms with Crippen LogP contribution in [-0.4, -0.2) is 10.9 Å². The zero-order valence-electron chi connectivity index (χ0n) is 12.2. The monoisotopic (exact) mass is 299 g/mol. The van der Waals surface area contributed by atoms with Crippen molar-refractivity contribution in [3.8, 4) is 17.3 Å². The molecule has 0 aliphatic heterocycles. The second kappa shape index (κ2) is 6.54. The van der Waals surface area contributed by atoms with Crippen LogP contribution in [0.2, 0.25) is 0 Å². The van der Waals surface area contributed by atoms with Gasteiger partial charge in [-0.2, -0.15) is 5.26 Å². The van der Waals surface area contributed by atoms with Crippen LogP contribution in [0.15, 0.2) is 72.9 Å². The van der Waals surface area contributed by atoms with Gasteiger partial charge >= 0.3 is 0 Å². The van der Waals surface area contributed by atoms with E-state index in [4.69, 9.17) is 5.26 Å². The Hall–Kier alpha value is -3.45. The van der Waals surface area contributed by atoms with Crippen LogP contribution in [0.25, 0.3) is 11.3 Å². The van der Waals surface area contributed by atoms with Crippen LogP contribution in [-0.2, 0) is 0 Å². The number of nitrogens with one attached hydrogen (secondary N) is 1. The summed E-state index contributed by atoms with van der Waals surface area (Å²) >= 11 is 0. The summed E-state index contributed by atoms with van der Waals surface area (Å²) in [4.78, 5) is 16.6. The van der Waals surface area contributed by atoms with Gasteiger partial charge in [-0.1, -0.05) is 36.4 Å². The van der Waals surface area contributed by atoms with Crippen molar-refractivity contribution in [2.24, 2.45) is 0 Å². The first-order valence-electron chi connectivity index (χ1n) is 7.09. The van der Waals surface area contributed by atoms with Crippen LogP contribution >= 0.6 is 0 Å². The number of benzene rings is 2. The van der Waals surface area contributed by atoms with Gasteiger partial charge < -0.3 is 5.32 Å². The average molecular weight is 299 g/mol. The van der Waals surface area contributed by atoms with Gasteiger partial charge in [0, 0.05) is 11.1 Å². The minimum Gasteiger partial charge on any atom is -0.321 e. The topological polar surface area (TPSA) is 65.8 Å². The lowest BCUT2D eigenvalue weighted by atomic mass is 10.1. The lowest BCUT2D eigenvalue weighted by Gasteiger charge is -2.06. The number of hydrogen-bond acceptors (Lipinski definition) is 3. The van der Waals surface area contributed by atoms with E-state index in [1.165, 1.54) is 0 Å². The third-order valence-electron chi connectivity index (χ3n) is 3.34. The summed E-state index contributed by atoms with van der Waals surface area (Å²) in [7, 11) is 0. The number of carbonyl (C=O) groups is 1. The quantitative estimate of drug-likeness (QED) is 0.798. The molecule has 23 heavy (non-hydrogen) atoms. The van der Waals surface area contributed by atoms with Gasteiger partial charge in [0.05, 0.1) is 29.2 Å². The molecule has 0 atom stereocenters. The highest BCUT2D eigenvalue weighted by Gasteiger charge is 2.07. The third-order valence-corrected chi connectivity index (χ3v) is 3.34. The third kappa shape index (κ3) is 3.42. The SMILES string of the molecule is N#Cc1cccc(C(=O)Nc2ccc(-c3ccccc3)nc2)c1. The van der Waals surface area contributed by atoms with E-state index < -0.39 is 0 Å². The fourth-order valence-corrected chi connectivity index (χ4v) is 2.18. The Morgan fingerprint density at radius 2 is 1.83 bits per heavy atom. The molecule has 1 amide bonds. The Bertz CT molecular complexity index is 865. The molecule has 4 heteroatoms. The lowest BCUT2D eigenvalue weighted by Crippen LogP contribution is -2.12. The van der Waals surface area contributed by atoms with Crippen molar-refractivity contribution in [3.05, 3.63) is 84.1 Å². The Balaban J connectivity index is 1.76. The van der Waals surface area contributed by atoms with Gasteiger partial charge in [0.2, 0.25) is 0 Å². The van der Waals surface area contributed by atoms with Crippen molar-refractivity contribution in [2.75, 3.05) is 5.32 Å². The van der Waals surface area contributed by atoms with E-state index in [-0.39, 0.29) is 5.91 Å². The number of rotatable bonds is 3. The van der Waals surface area contributed by atoms with E-state index >= 15 is 0 Å². The summed E-state index contributed by atoms with van der Waals surface area (Å²) < 4.78 is 0. The molecule has 1 heterocycles. The van der Waals surface area contributed by atoms with Gasteiger partial charge in [0.15, 0.2) is 0 Å². The normalized spacial score (nSPS) is 9.87. The average Bonchev–Trinajstić information content (AvgIpc) is 2.63. The zero-order chi connectivity index (χ0) is 16.1. The smallest absolute Gasteiger partial charge is 0.255 e. The van der Waals surface area contributed by atoms with Gasteiger partial charge in [-0.3, -0.25) is 9.78 Å². The summed E-state index contributed by atoms with van der Waals surface area (Å²) in [6, 6.07) is 22.1. The molecule has 0 saturated heterocycles. The molecule has 3 rings (SSSR count). The van der Waals surface area contributed by atoms with Gasteiger partial charge in [0.25, 0.3) is 5.91 Å². The second-order valence-corrected chi connectivity index (χ2v) is 4.94. The number of amides is 1. The molecular formula is C19H13N3O. The van der Waals surface area contributed by atoms with Crippen LogP contribution in [0.4, 0.5) is 5.69 Å². The number of nitriles is 1. The van der Waals surface area contributed by atoms with Crippen LogP contribution in [0, 0.1) is 11.3 Å². The van der Waals surface area contributed by atoms with Gasteiger partial charge in [0.1, 0.15) is 0 Å².